The van der Waals surface area contributed by atoms with Gasteiger partial charge in [0, 0.05) is 34.9 Å². The molecular formula is C11H23NO2S. The number of rotatable bonds is 5. The van der Waals surface area contributed by atoms with E-state index in [1.807, 2.05) is 0 Å². The third-order valence-electron chi connectivity index (χ3n) is 3.07. The molecule has 2 N–H and O–H groups in total. The average Bonchev–Trinajstić information content (AvgIpc) is 2.18. The average molecular weight is 233 g/mol. The molecule has 1 fully saturated rings. The van der Waals surface area contributed by atoms with Gasteiger partial charge in [0.15, 0.2) is 0 Å². The van der Waals surface area contributed by atoms with Crippen molar-refractivity contribution in [2.45, 2.75) is 57.2 Å². The van der Waals surface area contributed by atoms with E-state index in [1.165, 1.54) is 6.42 Å². The summed E-state index contributed by atoms with van der Waals surface area (Å²) in [4.78, 5) is 0. The van der Waals surface area contributed by atoms with Crippen LogP contribution in [-0.2, 0) is 10.8 Å². The minimum absolute atomic E-state index is 0.187. The summed E-state index contributed by atoms with van der Waals surface area (Å²) >= 11 is 0. The van der Waals surface area contributed by atoms with E-state index in [2.05, 4.69) is 12.2 Å². The SMILES string of the molecule is CC(CCS(C)=O)N[C@H]1CCCC[C@@H]1O. The summed E-state index contributed by atoms with van der Waals surface area (Å²) in [6.07, 6.45) is 6.82. The van der Waals surface area contributed by atoms with Gasteiger partial charge in [-0.3, -0.25) is 4.21 Å². The minimum atomic E-state index is -0.704. The topological polar surface area (TPSA) is 49.3 Å². The summed E-state index contributed by atoms with van der Waals surface area (Å²) in [5.41, 5.74) is 0. The van der Waals surface area contributed by atoms with E-state index in [0.717, 1.165) is 31.4 Å². The van der Waals surface area contributed by atoms with Crippen molar-refractivity contribution in [3.63, 3.8) is 0 Å². The highest BCUT2D eigenvalue weighted by molar-refractivity contribution is 7.84. The molecule has 90 valence electrons. The van der Waals surface area contributed by atoms with Crippen molar-refractivity contribution >= 4 is 10.8 Å². The first-order chi connectivity index (χ1) is 7.09. The quantitative estimate of drug-likeness (QED) is 0.746. The smallest absolute Gasteiger partial charge is 0.0693 e. The first kappa shape index (κ1) is 13.1. The van der Waals surface area contributed by atoms with Crippen LogP contribution >= 0.6 is 0 Å². The summed E-state index contributed by atoms with van der Waals surface area (Å²) in [6.45, 7) is 2.11. The molecule has 0 aromatic heterocycles. The normalized spacial score (nSPS) is 31.1. The molecule has 0 heterocycles. The van der Waals surface area contributed by atoms with Crippen LogP contribution in [0.3, 0.4) is 0 Å². The first-order valence-electron chi connectivity index (χ1n) is 5.83. The van der Waals surface area contributed by atoms with Crippen LogP contribution in [-0.4, -0.2) is 39.5 Å². The lowest BCUT2D eigenvalue weighted by Gasteiger charge is -2.31. The zero-order valence-corrected chi connectivity index (χ0v) is 10.6. The second-order valence-corrected chi connectivity index (χ2v) is 6.15. The Morgan fingerprint density at radius 3 is 2.73 bits per heavy atom. The highest BCUT2D eigenvalue weighted by Gasteiger charge is 2.23. The number of aliphatic hydroxyl groups is 1. The lowest BCUT2D eigenvalue weighted by Crippen LogP contribution is -2.46. The van der Waals surface area contributed by atoms with E-state index >= 15 is 0 Å². The molecule has 4 heteroatoms. The standard InChI is InChI=1S/C11H23NO2S/c1-9(7-8-15(2)14)12-10-5-3-4-6-11(10)13/h9-13H,3-8H2,1-2H3/t9?,10-,11-,15?/m0/s1. The molecule has 0 aromatic rings. The van der Waals surface area contributed by atoms with Crippen molar-refractivity contribution in [3.05, 3.63) is 0 Å². The van der Waals surface area contributed by atoms with Crippen LogP contribution in [0, 0.1) is 0 Å². The maximum absolute atomic E-state index is 10.9. The fourth-order valence-electron chi connectivity index (χ4n) is 2.10. The van der Waals surface area contributed by atoms with Crippen LogP contribution in [0.25, 0.3) is 0 Å². The van der Waals surface area contributed by atoms with Gasteiger partial charge in [0.2, 0.25) is 0 Å². The van der Waals surface area contributed by atoms with Crippen molar-refractivity contribution in [1.29, 1.82) is 0 Å². The Bertz CT molecular complexity index is 211. The number of hydrogen-bond donors (Lipinski definition) is 2. The van der Waals surface area contributed by atoms with Gasteiger partial charge < -0.3 is 10.4 Å². The summed E-state index contributed by atoms with van der Waals surface area (Å²) in [6, 6.07) is 0.602. The molecule has 0 bridgehead atoms. The number of nitrogens with one attached hydrogen (secondary N) is 1. The van der Waals surface area contributed by atoms with E-state index < -0.39 is 10.8 Å². The van der Waals surface area contributed by atoms with Gasteiger partial charge in [-0.25, -0.2) is 0 Å². The Balaban J connectivity index is 2.23. The van der Waals surface area contributed by atoms with Crippen molar-refractivity contribution in [2.24, 2.45) is 0 Å². The van der Waals surface area contributed by atoms with Crippen molar-refractivity contribution in [1.82, 2.24) is 5.32 Å². The zero-order chi connectivity index (χ0) is 11.3. The third kappa shape index (κ3) is 5.09. The fourth-order valence-corrected chi connectivity index (χ4v) is 2.78. The maximum Gasteiger partial charge on any atom is 0.0693 e. The van der Waals surface area contributed by atoms with Gasteiger partial charge in [-0.15, -0.1) is 0 Å². The second kappa shape index (κ2) is 6.61. The molecule has 1 saturated carbocycles. The molecule has 4 atom stereocenters. The van der Waals surface area contributed by atoms with E-state index in [1.54, 1.807) is 6.26 Å². The number of hydrogen-bond acceptors (Lipinski definition) is 3. The van der Waals surface area contributed by atoms with Crippen LogP contribution in [0.4, 0.5) is 0 Å². The molecule has 1 aliphatic rings. The van der Waals surface area contributed by atoms with Gasteiger partial charge in [0.05, 0.1) is 6.10 Å². The Morgan fingerprint density at radius 1 is 1.47 bits per heavy atom. The lowest BCUT2D eigenvalue weighted by molar-refractivity contribution is 0.0858. The van der Waals surface area contributed by atoms with Crippen LogP contribution in [0.1, 0.15) is 39.0 Å². The molecule has 0 aromatic carbocycles. The molecule has 0 amide bonds. The summed E-state index contributed by atoms with van der Waals surface area (Å²) < 4.78 is 10.9. The highest BCUT2D eigenvalue weighted by Crippen LogP contribution is 2.19. The largest absolute Gasteiger partial charge is 0.392 e. The third-order valence-corrected chi connectivity index (χ3v) is 3.88. The van der Waals surface area contributed by atoms with E-state index in [0.29, 0.717) is 6.04 Å². The Kier molecular flexibility index (Phi) is 5.79. The minimum Gasteiger partial charge on any atom is -0.392 e. The monoisotopic (exact) mass is 233 g/mol. The Morgan fingerprint density at radius 2 is 2.13 bits per heavy atom. The Labute approximate surface area is 95.1 Å². The molecule has 1 aliphatic carbocycles. The zero-order valence-electron chi connectivity index (χ0n) is 9.74. The van der Waals surface area contributed by atoms with Gasteiger partial charge >= 0.3 is 0 Å². The second-order valence-electron chi connectivity index (χ2n) is 4.59. The summed E-state index contributed by atoms with van der Waals surface area (Å²) in [5, 5.41) is 13.2. The molecule has 15 heavy (non-hydrogen) atoms. The first-order valence-corrected chi connectivity index (χ1v) is 7.56. The van der Waals surface area contributed by atoms with Crippen LogP contribution < -0.4 is 5.32 Å². The fraction of sp³-hybridized carbons (Fsp3) is 1.00. The van der Waals surface area contributed by atoms with Crippen LogP contribution in [0.5, 0.6) is 0 Å². The molecule has 0 spiro atoms. The molecule has 0 radical (unpaired) electrons. The predicted molar refractivity (Wildman–Crippen MR) is 64.4 cm³/mol. The van der Waals surface area contributed by atoms with Crippen LogP contribution in [0.15, 0.2) is 0 Å². The Hall–Kier alpha value is 0.0700. The van der Waals surface area contributed by atoms with Crippen molar-refractivity contribution in [3.8, 4) is 0 Å². The van der Waals surface area contributed by atoms with Gasteiger partial charge in [-0.1, -0.05) is 12.8 Å². The highest BCUT2D eigenvalue weighted by atomic mass is 32.2. The van der Waals surface area contributed by atoms with Crippen LogP contribution in [0.2, 0.25) is 0 Å². The van der Waals surface area contributed by atoms with Crippen molar-refractivity contribution in [2.75, 3.05) is 12.0 Å². The van der Waals surface area contributed by atoms with Crippen molar-refractivity contribution < 1.29 is 9.32 Å². The van der Waals surface area contributed by atoms with E-state index in [-0.39, 0.29) is 12.1 Å². The molecule has 2 unspecified atom stereocenters. The van der Waals surface area contributed by atoms with Gasteiger partial charge in [0.25, 0.3) is 0 Å². The molecule has 0 aliphatic heterocycles. The van der Waals surface area contributed by atoms with Gasteiger partial charge in [0.1, 0.15) is 0 Å². The predicted octanol–water partition coefficient (Wildman–Crippen LogP) is 1.04. The van der Waals surface area contributed by atoms with E-state index in [9.17, 15) is 9.32 Å². The molecule has 0 saturated heterocycles. The molecule has 3 nitrogen and oxygen atoms in total. The number of aliphatic hydroxyl groups excluding tert-OH is 1. The van der Waals surface area contributed by atoms with E-state index in [4.69, 9.17) is 0 Å². The lowest BCUT2D eigenvalue weighted by atomic mass is 9.92. The maximum atomic E-state index is 10.9. The summed E-state index contributed by atoms with van der Waals surface area (Å²) in [5.74, 6) is 0.747. The van der Waals surface area contributed by atoms with Gasteiger partial charge in [-0.05, 0) is 26.2 Å². The molecular weight excluding hydrogens is 210 g/mol. The molecule has 1 rings (SSSR count). The van der Waals surface area contributed by atoms with Gasteiger partial charge in [-0.2, -0.15) is 0 Å². The summed E-state index contributed by atoms with van der Waals surface area (Å²) in [7, 11) is -0.704.